The van der Waals surface area contributed by atoms with E-state index < -0.39 is 35.3 Å². The summed E-state index contributed by atoms with van der Waals surface area (Å²) >= 11 is 0. The summed E-state index contributed by atoms with van der Waals surface area (Å²) in [4.78, 5) is 68.8. The fourth-order valence-electron chi connectivity index (χ4n) is 4.43. The molecule has 4 N–H and O–H groups in total. The third-order valence-corrected chi connectivity index (χ3v) is 6.47. The number of hydrogen-bond donors (Lipinski definition) is 4. The van der Waals surface area contributed by atoms with Crippen molar-refractivity contribution in [2.24, 2.45) is 0 Å². The largest absolute Gasteiger partial charge is 0.476 e. The van der Waals surface area contributed by atoms with Gasteiger partial charge in [0.2, 0.25) is 23.6 Å². The lowest BCUT2D eigenvalue weighted by atomic mass is 10.2. The van der Waals surface area contributed by atoms with Crippen LogP contribution in [0, 0.1) is 0 Å². The Balaban J connectivity index is 1.28. The van der Waals surface area contributed by atoms with E-state index in [9.17, 15) is 29.4 Å². The van der Waals surface area contributed by atoms with Gasteiger partial charge in [-0.25, -0.2) is 44.1 Å². The maximum absolute atomic E-state index is 12.0. The number of aromatic carboxylic acids is 2. The number of nitrogens with one attached hydrogen (secondary N) is 2. The van der Waals surface area contributed by atoms with Crippen LogP contribution in [0.5, 0.6) is 0 Å². The highest BCUT2D eigenvalue weighted by Crippen LogP contribution is 2.29. The number of rotatable bonds is 12. The van der Waals surface area contributed by atoms with Crippen LogP contribution >= 0.6 is 0 Å². The van der Waals surface area contributed by atoms with Crippen LogP contribution in [0.3, 0.4) is 0 Å². The molecular formula is C33H35N7O12. The SMILES string of the molecule is CC(C)(C)OC(=O)NCCc1oc(-c2coc(-c3cccc(-c4nc(-c5nc(C(=O)O)c(CCNC(=O)OC(C)(C)C)o5)co4)n3)n2)nc1C(=O)O. The molecular weight excluding hydrogens is 686 g/mol. The number of carboxylic acids is 2. The van der Waals surface area contributed by atoms with E-state index in [2.05, 4.69) is 35.6 Å². The van der Waals surface area contributed by atoms with Gasteiger partial charge in [-0.3, -0.25) is 0 Å². The summed E-state index contributed by atoms with van der Waals surface area (Å²) in [6.07, 6.45) is 1.13. The van der Waals surface area contributed by atoms with Crippen molar-refractivity contribution in [3.8, 4) is 46.3 Å². The second-order valence-corrected chi connectivity index (χ2v) is 13.0. The zero-order valence-corrected chi connectivity index (χ0v) is 28.9. The number of nitrogens with zero attached hydrogens (tertiary/aromatic N) is 5. The van der Waals surface area contributed by atoms with E-state index >= 15 is 0 Å². The summed E-state index contributed by atoms with van der Waals surface area (Å²) in [5.74, 6) is -2.82. The molecule has 0 radical (unpaired) electrons. The first-order chi connectivity index (χ1) is 24.5. The van der Waals surface area contributed by atoms with Crippen molar-refractivity contribution in [3.05, 3.63) is 53.6 Å². The quantitative estimate of drug-likeness (QED) is 0.128. The summed E-state index contributed by atoms with van der Waals surface area (Å²) < 4.78 is 32.9. The van der Waals surface area contributed by atoms with Gasteiger partial charge in [-0.1, -0.05) is 6.07 Å². The Kier molecular flexibility index (Phi) is 10.4. The van der Waals surface area contributed by atoms with E-state index in [0.29, 0.717) is 0 Å². The number of pyridine rings is 1. The van der Waals surface area contributed by atoms with Gasteiger partial charge in [-0.05, 0) is 53.7 Å². The predicted octanol–water partition coefficient (Wildman–Crippen LogP) is 5.23. The number of aromatic nitrogens is 5. The van der Waals surface area contributed by atoms with Gasteiger partial charge in [0, 0.05) is 25.9 Å². The summed E-state index contributed by atoms with van der Waals surface area (Å²) in [5, 5.41) is 24.4. The first-order valence-corrected chi connectivity index (χ1v) is 15.7. The molecule has 5 rings (SSSR count). The van der Waals surface area contributed by atoms with Crippen molar-refractivity contribution in [2.75, 3.05) is 13.1 Å². The maximum atomic E-state index is 12.0. The summed E-state index contributed by atoms with van der Waals surface area (Å²) in [7, 11) is 0. The highest BCUT2D eigenvalue weighted by Gasteiger charge is 2.25. The minimum atomic E-state index is -1.33. The smallest absolute Gasteiger partial charge is 0.407 e. The average molecular weight is 722 g/mol. The van der Waals surface area contributed by atoms with E-state index in [1.807, 2.05) is 0 Å². The molecule has 52 heavy (non-hydrogen) atoms. The van der Waals surface area contributed by atoms with Crippen LogP contribution in [0.15, 0.2) is 48.4 Å². The predicted molar refractivity (Wildman–Crippen MR) is 176 cm³/mol. The number of hydrogen-bond acceptors (Lipinski definition) is 15. The summed E-state index contributed by atoms with van der Waals surface area (Å²) in [6.45, 7) is 10.3. The van der Waals surface area contributed by atoms with Gasteiger partial charge in [-0.2, -0.15) is 0 Å². The lowest BCUT2D eigenvalue weighted by Crippen LogP contribution is -2.33. The van der Waals surface area contributed by atoms with Gasteiger partial charge < -0.3 is 48.0 Å². The first-order valence-electron chi connectivity index (χ1n) is 15.7. The van der Waals surface area contributed by atoms with Gasteiger partial charge in [0.25, 0.3) is 0 Å². The zero-order valence-electron chi connectivity index (χ0n) is 28.9. The molecule has 0 saturated carbocycles. The van der Waals surface area contributed by atoms with Crippen LogP contribution in [0.4, 0.5) is 9.59 Å². The van der Waals surface area contributed by atoms with Crippen LogP contribution in [-0.2, 0) is 22.3 Å². The molecule has 0 saturated heterocycles. The van der Waals surface area contributed by atoms with Crippen LogP contribution in [0.25, 0.3) is 46.3 Å². The number of carbonyl (C=O) groups is 4. The number of alkyl carbamates (subject to hydrolysis) is 2. The lowest BCUT2D eigenvalue weighted by Gasteiger charge is -2.19. The molecule has 0 spiro atoms. The lowest BCUT2D eigenvalue weighted by molar-refractivity contribution is 0.0516. The zero-order chi connectivity index (χ0) is 37.8. The summed E-state index contributed by atoms with van der Waals surface area (Å²) in [5.41, 5.74) is -1.43. The van der Waals surface area contributed by atoms with Crippen molar-refractivity contribution in [2.45, 2.75) is 65.6 Å². The van der Waals surface area contributed by atoms with Crippen LogP contribution in [0.1, 0.15) is 74.0 Å². The Bertz CT molecular complexity index is 1950. The molecule has 2 amide bonds. The van der Waals surface area contributed by atoms with Gasteiger partial charge in [0.1, 0.15) is 46.6 Å². The highest BCUT2D eigenvalue weighted by molar-refractivity contribution is 5.87. The fourth-order valence-corrected chi connectivity index (χ4v) is 4.43. The van der Waals surface area contributed by atoms with Crippen LogP contribution in [-0.4, -0.2) is 83.5 Å². The number of amides is 2. The molecule has 5 aromatic rings. The first kappa shape index (κ1) is 36.7. The average Bonchev–Trinajstić information content (AvgIpc) is 3.85. The Hall–Kier alpha value is -6.53. The third-order valence-electron chi connectivity index (χ3n) is 6.47. The summed E-state index contributed by atoms with van der Waals surface area (Å²) in [6, 6.07) is 4.83. The van der Waals surface area contributed by atoms with Crippen molar-refractivity contribution in [1.82, 2.24) is 35.6 Å². The Labute approximate surface area is 294 Å². The van der Waals surface area contributed by atoms with E-state index in [4.69, 9.17) is 27.1 Å². The second kappa shape index (κ2) is 14.8. The molecule has 19 heteroatoms. The monoisotopic (exact) mass is 721 g/mol. The molecule has 0 aliphatic rings. The molecule has 19 nitrogen and oxygen atoms in total. The molecule has 0 aliphatic heterocycles. The van der Waals surface area contributed by atoms with E-state index in [1.165, 1.54) is 12.5 Å². The molecule has 0 aliphatic carbocycles. The molecule has 0 bridgehead atoms. The number of carbonyl (C=O) groups excluding carboxylic acids is 2. The van der Waals surface area contributed by atoms with Crippen LogP contribution < -0.4 is 10.6 Å². The highest BCUT2D eigenvalue weighted by atomic mass is 16.6. The van der Waals surface area contributed by atoms with Crippen molar-refractivity contribution >= 4 is 24.1 Å². The molecule has 0 unspecified atom stereocenters. The third kappa shape index (κ3) is 9.37. The molecule has 0 atom stereocenters. The van der Waals surface area contributed by atoms with Crippen LogP contribution in [0.2, 0.25) is 0 Å². The van der Waals surface area contributed by atoms with Gasteiger partial charge in [-0.15, -0.1) is 0 Å². The maximum Gasteiger partial charge on any atom is 0.407 e. The van der Waals surface area contributed by atoms with E-state index in [0.717, 1.165) is 0 Å². The van der Waals surface area contributed by atoms with E-state index in [1.54, 1.807) is 59.7 Å². The topological polar surface area (TPSA) is 268 Å². The fraction of sp³-hybridized carbons (Fsp3) is 0.364. The molecule has 0 aromatic carbocycles. The number of oxazole rings is 4. The number of carboxylic acid groups (broad SMARTS) is 2. The van der Waals surface area contributed by atoms with Gasteiger partial charge in [0.05, 0.1) is 0 Å². The minimum absolute atomic E-state index is 0.00837. The molecule has 0 fully saturated rings. The van der Waals surface area contributed by atoms with Crippen molar-refractivity contribution < 1.29 is 56.5 Å². The van der Waals surface area contributed by atoms with E-state index in [-0.39, 0.29) is 95.2 Å². The Morgan fingerprint density at radius 3 is 1.38 bits per heavy atom. The number of ether oxygens (including phenoxy) is 2. The molecule has 274 valence electrons. The van der Waals surface area contributed by atoms with Gasteiger partial charge in [0.15, 0.2) is 22.8 Å². The normalized spacial score (nSPS) is 11.7. The Morgan fingerprint density at radius 2 is 1.02 bits per heavy atom. The molecule has 5 aromatic heterocycles. The minimum Gasteiger partial charge on any atom is -0.476 e. The molecule has 5 heterocycles. The standard InChI is InChI=1S/C33H35N7O12/c1-32(2,3)51-30(45)34-12-10-20-22(28(41)42)39-26(49-20)18-14-47-24(37-18)16-8-7-9-17(36-16)25-38-19(15-48-25)27-40-23(29(43)44)21(50-27)11-13-35-31(46)52-33(4,5)6/h7-9,14-15H,10-13H2,1-6H3,(H,34,45)(H,35,46)(H,41,42)(H,43,44). The Morgan fingerprint density at radius 1 is 0.615 bits per heavy atom. The van der Waals surface area contributed by atoms with Crippen molar-refractivity contribution in [1.29, 1.82) is 0 Å². The second-order valence-electron chi connectivity index (χ2n) is 13.0. The van der Waals surface area contributed by atoms with Crippen molar-refractivity contribution in [3.63, 3.8) is 0 Å². The van der Waals surface area contributed by atoms with Gasteiger partial charge >= 0.3 is 24.1 Å².